The van der Waals surface area contributed by atoms with Crippen LogP contribution in [0.4, 0.5) is 0 Å². The Hall–Kier alpha value is -1.77. The fourth-order valence-electron chi connectivity index (χ4n) is 3.51. The van der Waals surface area contributed by atoms with Gasteiger partial charge in [-0.3, -0.25) is 4.79 Å². The number of aromatic nitrogens is 1. The normalized spacial score (nSPS) is 26.1. The van der Waals surface area contributed by atoms with Gasteiger partial charge in [-0.2, -0.15) is 0 Å². The first-order chi connectivity index (χ1) is 8.81. The average molecular weight is 240 g/mol. The molecule has 0 N–H and O–H groups in total. The Labute approximate surface area is 106 Å². The molecule has 1 saturated carbocycles. The smallest absolute Gasteiger partial charge is 0.255 e. The van der Waals surface area contributed by atoms with Crippen LogP contribution >= 0.6 is 0 Å². The number of amides is 1. The summed E-state index contributed by atoms with van der Waals surface area (Å²) in [6.45, 7) is 0.968. The van der Waals surface area contributed by atoms with Crippen molar-refractivity contribution in [1.29, 1.82) is 0 Å². The van der Waals surface area contributed by atoms with E-state index in [2.05, 4.69) is 4.90 Å². The number of piperidine rings is 1. The lowest BCUT2D eigenvalue weighted by atomic mass is 10.1. The second-order valence-corrected chi connectivity index (χ2v) is 5.55. The van der Waals surface area contributed by atoms with Crippen LogP contribution in [0.15, 0.2) is 36.7 Å². The third-order valence-corrected chi connectivity index (χ3v) is 4.42. The topological polar surface area (TPSA) is 24.7 Å². The highest BCUT2D eigenvalue weighted by molar-refractivity contribution is 5.96. The minimum atomic E-state index is 0.214. The summed E-state index contributed by atoms with van der Waals surface area (Å²) in [6.07, 6.45) is 7.67. The number of pyridine rings is 1. The summed E-state index contributed by atoms with van der Waals surface area (Å²) in [7, 11) is 0. The van der Waals surface area contributed by atoms with Crippen molar-refractivity contribution in [3.63, 3.8) is 0 Å². The van der Waals surface area contributed by atoms with Gasteiger partial charge in [0, 0.05) is 30.5 Å². The van der Waals surface area contributed by atoms with Crippen molar-refractivity contribution < 1.29 is 4.79 Å². The summed E-state index contributed by atoms with van der Waals surface area (Å²) in [5.74, 6) is 0.974. The zero-order valence-electron chi connectivity index (χ0n) is 10.2. The molecule has 2 aromatic rings. The molecule has 2 bridgehead atoms. The minimum absolute atomic E-state index is 0.214. The Balaban J connectivity index is 1.68. The van der Waals surface area contributed by atoms with Crippen molar-refractivity contribution in [3.8, 4) is 0 Å². The van der Waals surface area contributed by atoms with Crippen LogP contribution in [0, 0.1) is 5.92 Å². The average Bonchev–Trinajstić information content (AvgIpc) is 3.11. The van der Waals surface area contributed by atoms with Crippen LogP contribution in [0.3, 0.4) is 0 Å². The molecule has 92 valence electrons. The summed E-state index contributed by atoms with van der Waals surface area (Å²) < 4.78 is 2.02. The first kappa shape index (κ1) is 10.2. The van der Waals surface area contributed by atoms with E-state index in [0.717, 1.165) is 23.5 Å². The fraction of sp³-hybridized carbons (Fsp3) is 0.400. The molecule has 4 rings (SSSR count). The summed E-state index contributed by atoms with van der Waals surface area (Å²) in [6, 6.07) is 8.52. The van der Waals surface area contributed by atoms with Crippen LogP contribution in [0.2, 0.25) is 0 Å². The van der Waals surface area contributed by atoms with Gasteiger partial charge in [0.25, 0.3) is 5.91 Å². The first-order valence-corrected chi connectivity index (χ1v) is 6.69. The van der Waals surface area contributed by atoms with Gasteiger partial charge in [0.15, 0.2) is 0 Å². The molecular weight excluding hydrogens is 224 g/mol. The molecule has 0 aromatic carbocycles. The third-order valence-electron chi connectivity index (χ3n) is 4.42. The van der Waals surface area contributed by atoms with Crippen LogP contribution in [-0.2, 0) is 0 Å². The summed E-state index contributed by atoms with van der Waals surface area (Å²) >= 11 is 0. The van der Waals surface area contributed by atoms with E-state index >= 15 is 0 Å². The van der Waals surface area contributed by atoms with Gasteiger partial charge in [0.1, 0.15) is 0 Å². The molecule has 2 aliphatic rings. The molecule has 18 heavy (non-hydrogen) atoms. The quantitative estimate of drug-likeness (QED) is 0.752. The Bertz CT molecular complexity index is 583. The van der Waals surface area contributed by atoms with Gasteiger partial charge in [-0.1, -0.05) is 6.07 Å². The van der Waals surface area contributed by atoms with Gasteiger partial charge in [-0.15, -0.1) is 0 Å². The predicted molar refractivity (Wildman–Crippen MR) is 69.6 cm³/mol. The molecule has 2 unspecified atom stereocenters. The highest BCUT2D eigenvalue weighted by Gasteiger charge is 2.40. The maximum absolute atomic E-state index is 12.5. The lowest BCUT2D eigenvalue weighted by Crippen LogP contribution is -2.37. The Morgan fingerprint density at radius 3 is 2.94 bits per heavy atom. The summed E-state index contributed by atoms with van der Waals surface area (Å²) in [5, 5.41) is 0. The number of fused-ring (bicyclic) bond motifs is 3. The molecular formula is C15H16N2O. The number of nitrogens with zero attached hydrogens (tertiary/aromatic N) is 2. The number of hydrogen-bond donors (Lipinski definition) is 0. The van der Waals surface area contributed by atoms with E-state index in [9.17, 15) is 4.79 Å². The van der Waals surface area contributed by atoms with E-state index in [1.54, 1.807) is 0 Å². The molecule has 0 spiro atoms. The summed E-state index contributed by atoms with van der Waals surface area (Å²) in [5.41, 5.74) is 1.92. The third kappa shape index (κ3) is 1.40. The van der Waals surface area contributed by atoms with Crippen molar-refractivity contribution in [1.82, 2.24) is 9.30 Å². The number of rotatable bonds is 1. The van der Waals surface area contributed by atoms with Crippen molar-refractivity contribution >= 4 is 11.4 Å². The molecule has 1 aliphatic heterocycles. The second-order valence-electron chi connectivity index (χ2n) is 5.55. The zero-order valence-corrected chi connectivity index (χ0v) is 10.2. The number of hydrogen-bond acceptors (Lipinski definition) is 1. The molecule has 2 atom stereocenters. The van der Waals surface area contributed by atoms with Crippen molar-refractivity contribution in [2.75, 3.05) is 6.54 Å². The van der Waals surface area contributed by atoms with Crippen LogP contribution < -0.4 is 0 Å². The maximum atomic E-state index is 12.5. The van der Waals surface area contributed by atoms with E-state index in [0.29, 0.717) is 6.04 Å². The zero-order chi connectivity index (χ0) is 12.1. The van der Waals surface area contributed by atoms with Crippen LogP contribution in [0.1, 0.15) is 29.6 Å². The van der Waals surface area contributed by atoms with Gasteiger partial charge >= 0.3 is 0 Å². The van der Waals surface area contributed by atoms with Gasteiger partial charge in [-0.05, 0) is 43.4 Å². The Morgan fingerprint density at radius 2 is 2.22 bits per heavy atom. The van der Waals surface area contributed by atoms with Crippen LogP contribution in [0.5, 0.6) is 0 Å². The SMILES string of the molecule is O=C(c1cc2ccccn2c1)N1CC2CCC1C2. The molecule has 1 amide bonds. The van der Waals surface area contributed by atoms with Crippen molar-refractivity contribution in [2.24, 2.45) is 5.92 Å². The van der Waals surface area contributed by atoms with Gasteiger partial charge in [0.2, 0.25) is 0 Å². The largest absolute Gasteiger partial charge is 0.335 e. The molecule has 2 fully saturated rings. The van der Waals surface area contributed by atoms with E-state index in [-0.39, 0.29) is 5.91 Å². The van der Waals surface area contributed by atoms with E-state index in [1.165, 1.54) is 19.3 Å². The number of carbonyl (C=O) groups excluding carboxylic acids is 1. The van der Waals surface area contributed by atoms with Gasteiger partial charge in [-0.25, -0.2) is 0 Å². The molecule has 2 aromatic heterocycles. The number of carbonyl (C=O) groups is 1. The van der Waals surface area contributed by atoms with Crippen molar-refractivity contribution in [2.45, 2.75) is 25.3 Å². The Morgan fingerprint density at radius 1 is 1.28 bits per heavy atom. The molecule has 3 heteroatoms. The molecule has 1 saturated heterocycles. The minimum Gasteiger partial charge on any atom is -0.335 e. The van der Waals surface area contributed by atoms with Crippen LogP contribution in [0.25, 0.3) is 5.52 Å². The highest BCUT2D eigenvalue weighted by Crippen LogP contribution is 2.38. The second kappa shape index (κ2) is 3.61. The molecule has 1 aliphatic carbocycles. The lowest BCUT2D eigenvalue weighted by Gasteiger charge is -2.26. The van der Waals surface area contributed by atoms with E-state index in [4.69, 9.17) is 0 Å². The standard InChI is InChI=1S/C15H16N2O/c18-15(17-9-11-4-5-14(17)7-11)12-8-13-3-1-2-6-16(13)10-12/h1-3,6,8,10-11,14H,4-5,7,9H2. The molecule has 3 nitrogen and oxygen atoms in total. The van der Waals surface area contributed by atoms with Crippen LogP contribution in [-0.4, -0.2) is 27.8 Å². The molecule has 3 heterocycles. The number of likely N-dealkylation sites (tertiary alicyclic amines) is 1. The Kier molecular flexibility index (Phi) is 2.04. The van der Waals surface area contributed by atoms with E-state index < -0.39 is 0 Å². The van der Waals surface area contributed by atoms with Gasteiger partial charge in [0.05, 0.1) is 5.56 Å². The van der Waals surface area contributed by atoms with Crippen molar-refractivity contribution in [3.05, 3.63) is 42.2 Å². The monoisotopic (exact) mass is 240 g/mol. The lowest BCUT2D eigenvalue weighted by molar-refractivity contribution is 0.0704. The van der Waals surface area contributed by atoms with Gasteiger partial charge < -0.3 is 9.30 Å². The predicted octanol–water partition coefficient (Wildman–Crippen LogP) is 2.56. The fourth-order valence-corrected chi connectivity index (χ4v) is 3.51. The van der Waals surface area contributed by atoms with E-state index in [1.807, 2.05) is 41.1 Å². The summed E-state index contributed by atoms with van der Waals surface area (Å²) in [4.78, 5) is 14.6. The first-order valence-electron chi connectivity index (χ1n) is 6.69. The maximum Gasteiger partial charge on any atom is 0.255 e. The molecule has 0 radical (unpaired) electrons. The highest BCUT2D eigenvalue weighted by atomic mass is 16.2.